The van der Waals surface area contributed by atoms with Crippen LogP contribution in [0, 0.1) is 0 Å². The van der Waals surface area contributed by atoms with E-state index in [2.05, 4.69) is 22.5 Å². The number of benzene rings is 1. The molecule has 1 fully saturated rings. The van der Waals surface area contributed by atoms with Crippen molar-refractivity contribution >= 4 is 35.8 Å². The summed E-state index contributed by atoms with van der Waals surface area (Å²) in [6.07, 6.45) is 6.59. The van der Waals surface area contributed by atoms with Gasteiger partial charge in [-0.1, -0.05) is 25.0 Å². The van der Waals surface area contributed by atoms with Gasteiger partial charge in [-0.3, -0.25) is 4.79 Å². The van der Waals surface area contributed by atoms with Crippen molar-refractivity contribution in [1.82, 2.24) is 20.4 Å². The van der Waals surface area contributed by atoms with Crippen LogP contribution in [-0.2, 0) is 6.54 Å². The highest BCUT2D eigenvalue weighted by atomic mass is 127. The highest BCUT2D eigenvalue weighted by Gasteiger charge is 2.12. The Morgan fingerprint density at radius 2 is 1.65 bits per heavy atom. The molecule has 1 heterocycles. The van der Waals surface area contributed by atoms with Crippen LogP contribution in [0.4, 0.5) is 0 Å². The lowest BCUT2D eigenvalue weighted by Crippen LogP contribution is -2.39. The summed E-state index contributed by atoms with van der Waals surface area (Å²) in [5.74, 6) is 0.950. The lowest BCUT2D eigenvalue weighted by molar-refractivity contribution is 0.0773. The van der Waals surface area contributed by atoms with Crippen LogP contribution in [0.5, 0.6) is 0 Å². The van der Waals surface area contributed by atoms with E-state index in [1.807, 2.05) is 43.0 Å². The molecule has 2 rings (SSSR count). The first-order valence-corrected chi connectivity index (χ1v) is 11.8. The molecule has 0 radical (unpaired) electrons. The molecular weight excluding hydrogens is 501 g/mol. The molecule has 1 aliphatic heterocycles. The number of guanidine groups is 1. The normalized spacial score (nSPS) is 15.0. The number of aliphatic imine (C=N–C) groups is 1. The van der Waals surface area contributed by atoms with E-state index >= 15 is 0 Å². The van der Waals surface area contributed by atoms with Crippen molar-refractivity contribution in [1.29, 1.82) is 0 Å². The van der Waals surface area contributed by atoms with Gasteiger partial charge in [0.05, 0.1) is 6.54 Å². The summed E-state index contributed by atoms with van der Waals surface area (Å²) in [4.78, 5) is 21.6. The number of carbonyl (C=O) groups is 1. The van der Waals surface area contributed by atoms with Crippen molar-refractivity contribution in [3.63, 3.8) is 0 Å². The average molecular weight is 544 g/mol. The predicted molar refractivity (Wildman–Crippen MR) is 141 cm³/mol. The van der Waals surface area contributed by atoms with Gasteiger partial charge in [-0.05, 0) is 77.4 Å². The van der Waals surface area contributed by atoms with Crippen LogP contribution < -0.4 is 10.6 Å². The van der Waals surface area contributed by atoms with Crippen LogP contribution in [-0.4, -0.2) is 67.5 Å². The fourth-order valence-corrected chi connectivity index (χ4v) is 3.83. The van der Waals surface area contributed by atoms with Crippen molar-refractivity contribution in [2.24, 2.45) is 4.99 Å². The number of amides is 1. The van der Waals surface area contributed by atoms with E-state index in [-0.39, 0.29) is 29.9 Å². The molecule has 0 saturated carbocycles. The van der Waals surface area contributed by atoms with E-state index in [4.69, 9.17) is 4.99 Å². The maximum Gasteiger partial charge on any atom is 0.253 e. The number of nitrogens with one attached hydrogen (secondary N) is 2. The fraction of sp³-hybridized carbons (Fsp3) is 0.667. The van der Waals surface area contributed by atoms with Gasteiger partial charge < -0.3 is 20.4 Å². The quantitative estimate of drug-likeness (QED) is 0.202. The molecule has 1 aromatic carbocycles. The minimum absolute atomic E-state index is 0. The number of likely N-dealkylation sites (tertiary alicyclic amines) is 1. The van der Waals surface area contributed by atoms with Gasteiger partial charge in [0, 0.05) is 31.7 Å². The van der Waals surface area contributed by atoms with Crippen molar-refractivity contribution in [2.75, 3.05) is 45.8 Å². The minimum Gasteiger partial charge on any atom is -0.357 e. The van der Waals surface area contributed by atoms with Crippen molar-refractivity contribution in [2.45, 2.75) is 59.4 Å². The largest absolute Gasteiger partial charge is 0.357 e. The van der Waals surface area contributed by atoms with Crippen molar-refractivity contribution < 1.29 is 4.79 Å². The molecule has 176 valence electrons. The SMILES string of the molecule is CCNC(=NCc1ccc(C(=O)N(CC)CC)cc1)NCCCN1CCCCCC1.I. The number of rotatable bonds is 10. The van der Waals surface area contributed by atoms with Crippen LogP contribution in [0.1, 0.15) is 68.8 Å². The number of hydrogen-bond donors (Lipinski definition) is 2. The van der Waals surface area contributed by atoms with Crippen molar-refractivity contribution in [3.05, 3.63) is 35.4 Å². The van der Waals surface area contributed by atoms with E-state index in [1.165, 1.54) is 38.8 Å². The van der Waals surface area contributed by atoms with Crippen LogP contribution in [0.3, 0.4) is 0 Å². The highest BCUT2D eigenvalue weighted by molar-refractivity contribution is 14.0. The lowest BCUT2D eigenvalue weighted by Gasteiger charge is -2.20. The molecule has 0 aromatic heterocycles. The Morgan fingerprint density at radius 1 is 1.00 bits per heavy atom. The summed E-state index contributed by atoms with van der Waals surface area (Å²) in [7, 11) is 0. The van der Waals surface area contributed by atoms with Gasteiger partial charge in [0.25, 0.3) is 5.91 Å². The van der Waals surface area contributed by atoms with Crippen LogP contribution >= 0.6 is 24.0 Å². The number of carbonyl (C=O) groups excluding carboxylic acids is 1. The first-order valence-electron chi connectivity index (χ1n) is 11.8. The Bertz CT molecular complexity index is 638. The van der Waals surface area contributed by atoms with E-state index in [1.54, 1.807) is 0 Å². The number of halogens is 1. The van der Waals surface area contributed by atoms with E-state index in [0.29, 0.717) is 6.54 Å². The van der Waals surface area contributed by atoms with Gasteiger partial charge in [-0.15, -0.1) is 24.0 Å². The smallest absolute Gasteiger partial charge is 0.253 e. The number of hydrogen-bond acceptors (Lipinski definition) is 3. The summed E-state index contributed by atoms with van der Waals surface area (Å²) in [5, 5.41) is 6.78. The van der Waals surface area contributed by atoms with E-state index in [0.717, 1.165) is 56.2 Å². The fourth-order valence-electron chi connectivity index (χ4n) is 3.83. The predicted octanol–water partition coefficient (Wildman–Crippen LogP) is 4.11. The second-order valence-corrected chi connectivity index (χ2v) is 7.91. The van der Waals surface area contributed by atoms with Crippen LogP contribution in [0.15, 0.2) is 29.3 Å². The molecule has 7 heteroatoms. The lowest BCUT2D eigenvalue weighted by atomic mass is 10.1. The zero-order chi connectivity index (χ0) is 21.6. The maximum atomic E-state index is 12.4. The molecule has 31 heavy (non-hydrogen) atoms. The maximum absolute atomic E-state index is 12.4. The molecular formula is C24H42IN5O. The summed E-state index contributed by atoms with van der Waals surface area (Å²) < 4.78 is 0. The monoisotopic (exact) mass is 543 g/mol. The molecule has 1 aliphatic rings. The Hall–Kier alpha value is -1.35. The molecule has 0 spiro atoms. The van der Waals surface area contributed by atoms with Crippen LogP contribution in [0.2, 0.25) is 0 Å². The second-order valence-electron chi connectivity index (χ2n) is 7.91. The summed E-state index contributed by atoms with van der Waals surface area (Å²) in [6.45, 7) is 13.6. The first kappa shape index (κ1) is 27.7. The third kappa shape index (κ3) is 10.2. The molecule has 0 atom stereocenters. The van der Waals surface area contributed by atoms with Gasteiger partial charge in [-0.2, -0.15) is 0 Å². The molecule has 0 bridgehead atoms. The van der Waals surface area contributed by atoms with Gasteiger partial charge in [0.1, 0.15) is 0 Å². The molecule has 1 aromatic rings. The third-order valence-corrected chi connectivity index (χ3v) is 5.66. The second kappa shape index (κ2) is 16.3. The molecule has 2 N–H and O–H groups in total. The minimum atomic E-state index is 0. The zero-order valence-electron chi connectivity index (χ0n) is 19.7. The van der Waals surface area contributed by atoms with Gasteiger partial charge >= 0.3 is 0 Å². The van der Waals surface area contributed by atoms with Gasteiger partial charge in [-0.25, -0.2) is 4.99 Å². The first-order chi connectivity index (χ1) is 14.7. The highest BCUT2D eigenvalue weighted by Crippen LogP contribution is 2.10. The summed E-state index contributed by atoms with van der Waals surface area (Å²) in [6, 6.07) is 7.83. The average Bonchev–Trinajstić information content (AvgIpc) is 3.05. The van der Waals surface area contributed by atoms with Crippen LogP contribution in [0.25, 0.3) is 0 Å². The molecule has 6 nitrogen and oxygen atoms in total. The number of nitrogens with zero attached hydrogens (tertiary/aromatic N) is 3. The Morgan fingerprint density at radius 3 is 2.23 bits per heavy atom. The van der Waals surface area contributed by atoms with Gasteiger partial charge in [0.2, 0.25) is 0 Å². The third-order valence-electron chi connectivity index (χ3n) is 5.66. The van der Waals surface area contributed by atoms with E-state index < -0.39 is 0 Å². The molecule has 1 saturated heterocycles. The van der Waals surface area contributed by atoms with Gasteiger partial charge in [0.15, 0.2) is 5.96 Å². The Balaban J connectivity index is 0.00000480. The zero-order valence-corrected chi connectivity index (χ0v) is 22.0. The Kier molecular flexibility index (Phi) is 14.6. The molecule has 0 unspecified atom stereocenters. The summed E-state index contributed by atoms with van der Waals surface area (Å²) in [5.41, 5.74) is 1.85. The summed E-state index contributed by atoms with van der Waals surface area (Å²) >= 11 is 0. The van der Waals surface area contributed by atoms with E-state index in [9.17, 15) is 4.79 Å². The Labute approximate surface area is 206 Å². The molecule has 1 amide bonds. The molecule has 0 aliphatic carbocycles. The van der Waals surface area contributed by atoms with Crippen molar-refractivity contribution in [3.8, 4) is 0 Å². The standard InChI is InChI=1S/C24H41N5O.HI/c1-4-25-24(26-16-11-19-28-17-9-7-8-10-18-28)27-20-21-12-14-22(15-13-21)23(30)29(5-2)6-3;/h12-15H,4-11,16-20H2,1-3H3,(H2,25,26,27);1H. The topological polar surface area (TPSA) is 60.0 Å².